The molecule has 0 atom stereocenters. The maximum atomic E-state index is 11.6. The van der Waals surface area contributed by atoms with Crippen LogP contribution in [0.3, 0.4) is 0 Å². The zero-order valence-electron chi connectivity index (χ0n) is 8.76. The normalized spacial score (nSPS) is 15.0. The molecule has 88 valence electrons. The van der Waals surface area contributed by atoms with Crippen LogP contribution < -0.4 is 5.01 Å². The molecule has 1 amide bonds. The Morgan fingerprint density at radius 1 is 1.41 bits per heavy atom. The summed E-state index contributed by atoms with van der Waals surface area (Å²) in [6.07, 6.45) is -0.162. The molecule has 0 aromatic heterocycles. The van der Waals surface area contributed by atoms with Crippen LogP contribution in [0.5, 0.6) is 0 Å². The number of hydrazone groups is 1. The summed E-state index contributed by atoms with van der Waals surface area (Å²) in [5.41, 5.74) is 0.942. The van der Waals surface area contributed by atoms with Gasteiger partial charge in [0.05, 0.1) is 24.2 Å². The molecule has 5 nitrogen and oxygen atoms in total. The monoisotopic (exact) mass is 252 g/mol. The van der Waals surface area contributed by atoms with Crippen LogP contribution in [0.1, 0.15) is 12.8 Å². The summed E-state index contributed by atoms with van der Waals surface area (Å²) in [7, 11) is 0. The first-order valence-corrected chi connectivity index (χ1v) is 5.31. The van der Waals surface area contributed by atoms with Crippen LogP contribution in [-0.2, 0) is 9.59 Å². The van der Waals surface area contributed by atoms with Gasteiger partial charge in [0.2, 0.25) is 0 Å². The Morgan fingerprint density at radius 2 is 2.06 bits per heavy atom. The number of hydrogen-bond donors (Lipinski definition) is 1. The number of nitrogens with zero attached hydrogens (tertiary/aromatic N) is 2. The van der Waals surface area contributed by atoms with Crippen molar-refractivity contribution in [3.8, 4) is 0 Å². The molecule has 2 rings (SSSR count). The van der Waals surface area contributed by atoms with Crippen LogP contribution in [0, 0.1) is 0 Å². The average molecular weight is 253 g/mol. The Kier molecular flexibility index (Phi) is 3.10. The highest BCUT2D eigenvalue weighted by Crippen LogP contribution is 2.23. The summed E-state index contributed by atoms with van der Waals surface area (Å²) >= 11 is 5.74. The van der Waals surface area contributed by atoms with Gasteiger partial charge in [0.25, 0.3) is 5.91 Å². The third kappa shape index (κ3) is 2.62. The molecule has 0 saturated heterocycles. The molecule has 0 saturated carbocycles. The van der Waals surface area contributed by atoms with Crippen LogP contribution in [0.15, 0.2) is 29.4 Å². The highest BCUT2D eigenvalue weighted by molar-refractivity contribution is 6.30. The smallest absolute Gasteiger partial charge is 0.309 e. The fourth-order valence-electron chi connectivity index (χ4n) is 1.54. The van der Waals surface area contributed by atoms with Gasteiger partial charge in [-0.15, -0.1) is 0 Å². The third-order valence-electron chi connectivity index (χ3n) is 2.26. The van der Waals surface area contributed by atoms with Crippen molar-refractivity contribution in [2.75, 3.05) is 5.01 Å². The molecule has 1 aromatic rings. The minimum absolute atomic E-state index is 0.0505. The van der Waals surface area contributed by atoms with Crippen molar-refractivity contribution in [3.05, 3.63) is 29.3 Å². The van der Waals surface area contributed by atoms with Gasteiger partial charge in [0, 0.05) is 5.02 Å². The molecule has 0 spiro atoms. The summed E-state index contributed by atoms with van der Waals surface area (Å²) in [6, 6.07) is 6.62. The van der Waals surface area contributed by atoms with E-state index in [0.717, 1.165) is 0 Å². The van der Waals surface area contributed by atoms with Gasteiger partial charge in [0.15, 0.2) is 0 Å². The molecule has 6 heteroatoms. The van der Waals surface area contributed by atoms with E-state index in [-0.39, 0.29) is 18.7 Å². The van der Waals surface area contributed by atoms with E-state index in [1.54, 1.807) is 24.3 Å². The first-order valence-electron chi connectivity index (χ1n) is 4.93. The van der Waals surface area contributed by atoms with Crippen molar-refractivity contribution in [2.24, 2.45) is 5.10 Å². The topological polar surface area (TPSA) is 70.0 Å². The zero-order valence-corrected chi connectivity index (χ0v) is 9.52. The van der Waals surface area contributed by atoms with Gasteiger partial charge >= 0.3 is 5.97 Å². The summed E-state index contributed by atoms with van der Waals surface area (Å²) in [4.78, 5) is 22.2. The molecular weight excluding hydrogens is 244 g/mol. The van der Waals surface area contributed by atoms with E-state index in [4.69, 9.17) is 16.7 Å². The Morgan fingerprint density at radius 3 is 2.65 bits per heavy atom. The van der Waals surface area contributed by atoms with Crippen LogP contribution in [0.4, 0.5) is 5.69 Å². The van der Waals surface area contributed by atoms with E-state index < -0.39 is 5.97 Å². The molecule has 1 aliphatic heterocycles. The number of halogens is 1. The summed E-state index contributed by atoms with van der Waals surface area (Å²) in [5, 5.41) is 14.4. The fraction of sp³-hybridized carbons (Fsp3) is 0.182. The minimum atomic E-state index is -0.991. The maximum Gasteiger partial charge on any atom is 0.309 e. The van der Waals surface area contributed by atoms with Crippen molar-refractivity contribution >= 4 is 34.9 Å². The molecule has 17 heavy (non-hydrogen) atoms. The number of hydrogen-bond acceptors (Lipinski definition) is 3. The van der Waals surface area contributed by atoms with Gasteiger partial charge in [-0.3, -0.25) is 9.59 Å². The molecule has 1 aliphatic rings. The zero-order chi connectivity index (χ0) is 12.4. The van der Waals surface area contributed by atoms with Crippen molar-refractivity contribution in [1.29, 1.82) is 0 Å². The van der Waals surface area contributed by atoms with E-state index >= 15 is 0 Å². The first kappa shape index (κ1) is 11.6. The maximum absolute atomic E-state index is 11.6. The van der Waals surface area contributed by atoms with E-state index in [9.17, 15) is 9.59 Å². The Labute approximate surface area is 102 Å². The van der Waals surface area contributed by atoms with Crippen molar-refractivity contribution in [1.82, 2.24) is 0 Å². The van der Waals surface area contributed by atoms with Gasteiger partial charge in [-0.25, -0.2) is 5.01 Å². The quantitative estimate of drug-likeness (QED) is 0.893. The molecule has 1 aromatic carbocycles. The molecule has 0 aliphatic carbocycles. The minimum Gasteiger partial charge on any atom is -0.481 e. The van der Waals surface area contributed by atoms with Gasteiger partial charge in [-0.1, -0.05) is 11.6 Å². The molecule has 0 bridgehead atoms. The van der Waals surface area contributed by atoms with Crippen LogP contribution in [0.25, 0.3) is 0 Å². The lowest BCUT2D eigenvalue weighted by atomic mass is 10.2. The van der Waals surface area contributed by atoms with Gasteiger partial charge < -0.3 is 5.11 Å². The van der Waals surface area contributed by atoms with Gasteiger partial charge in [0.1, 0.15) is 0 Å². The SMILES string of the molecule is O=C(O)CC1=NN(c2ccc(Cl)cc2)C(=O)C1. The number of anilines is 1. The third-order valence-corrected chi connectivity index (χ3v) is 2.51. The van der Waals surface area contributed by atoms with E-state index in [2.05, 4.69) is 5.10 Å². The first-order chi connectivity index (χ1) is 8.06. The lowest BCUT2D eigenvalue weighted by Gasteiger charge is -2.11. The van der Waals surface area contributed by atoms with Crippen LogP contribution in [0.2, 0.25) is 5.02 Å². The number of carboxylic acid groups (broad SMARTS) is 1. The molecule has 0 fully saturated rings. The summed E-state index contributed by atoms with van der Waals surface area (Å²) in [6.45, 7) is 0. The van der Waals surface area contributed by atoms with Crippen LogP contribution >= 0.6 is 11.6 Å². The average Bonchev–Trinajstić information content (AvgIpc) is 2.59. The highest BCUT2D eigenvalue weighted by atomic mass is 35.5. The number of carbonyl (C=O) groups is 2. The number of amides is 1. The molecule has 1 N–H and O–H groups in total. The molecule has 0 radical (unpaired) electrons. The second kappa shape index (κ2) is 4.55. The summed E-state index contributed by atoms with van der Waals surface area (Å²) < 4.78 is 0. The standard InChI is InChI=1S/C11H9ClN2O3/c12-7-1-3-9(4-2-7)14-10(15)5-8(13-14)6-11(16)17/h1-4H,5-6H2,(H,16,17). The Hall–Kier alpha value is -1.88. The molecule has 0 unspecified atom stereocenters. The second-order valence-corrected chi connectivity index (χ2v) is 4.03. The number of benzene rings is 1. The summed E-state index contributed by atoms with van der Waals surface area (Å²) in [5.74, 6) is -1.22. The lowest BCUT2D eigenvalue weighted by molar-refractivity contribution is -0.135. The van der Waals surface area contributed by atoms with E-state index in [1.807, 2.05) is 0 Å². The number of rotatable bonds is 3. The fourth-order valence-corrected chi connectivity index (χ4v) is 1.66. The van der Waals surface area contributed by atoms with Crippen molar-refractivity contribution < 1.29 is 14.7 Å². The highest BCUT2D eigenvalue weighted by Gasteiger charge is 2.26. The number of carboxylic acids is 1. The molecule has 1 heterocycles. The predicted octanol–water partition coefficient (Wildman–Crippen LogP) is 1.91. The van der Waals surface area contributed by atoms with Crippen molar-refractivity contribution in [3.63, 3.8) is 0 Å². The molecular formula is C11H9ClN2O3. The Bertz CT molecular complexity index is 496. The van der Waals surface area contributed by atoms with Gasteiger partial charge in [-0.2, -0.15) is 5.10 Å². The van der Waals surface area contributed by atoms with Gasteiger partial charge in [-0.05, 0) is 24.3 Å². The van der Waals surface area contributed by atoms with Crippen molar-refractivity contribution in [2.45, 2.75) is 12.8 Å². The lowest BCUT2D eigenvalue weighted by Crippen LogP contribution is -2.19. The number of carbonyl (C=O) groups excluding carboxylic acids is 1. The predicted molar refractivity (Wildman–Crippen MR) is 63.2 cm³/mol. The second-order valence-electron chi connectivity index (χ2n) is 3.60. The largest absolute Gasteiger partial charge is 0.481 e. The van der Waals surface area contributed by atoms with E-state index in [0.29, 0.717) is 16.4 Å². The number of aliphatic carboxylic acids is 1. The van der Waals surface area contributed by atoms with Crippen LogP contribution in [-0.4, -0.2) is 22.7 Å². The Balaban J connectivity index is 2.21. The van der Waals surface area contributed by atoms with E-state index in [1.165, 1.54) is 5.01 Å².